The number of halogens is 3. The van der Waals surface area contributed by atoms with Crippen LogP contribution in [0.15, 0.2) is 42.9 Å². The van der Waals surface area contributed by atoms with Gasteiger partial charge >= 0.3 is 12.3 Å². The van der Waals surface area contributed by atoms with Gasteiger partial charge in [0.1, 0.15) is 5.75 Å². The van der Waals surface area contributed by atoms with Crippen LogP contribution < -0.4 is 4.74 Å². The smallest absolute Gasteiger partial charge is 0.461 e. The van der Waals surface area contributed by atoms with E-state index in [-0.39, 0.29) is 18.1 Å². The first-order chi connectivity index (χ1) is 11.9. The minimum absolute atomic E-state index is 0.148. The van der Waals surface area contributed by atoms with Crippen LogP contribution in [0.5, 0.6) is 5.75 Å². The van der Waals surface area contributed by atoms with Gasteiger partial charge in [0.15, 0.2) is 11.3 Å². The van der Waals surface area contributed by atoms with Gasteiger partial charge in [-0.05, 0) is 31.2 Å². The van der Waals surface area contributed by atoms with E-state index in [0.29, 0.717) is 16.9 Å². The molecule has 0 N–H and O–H groups in total. The van der Waals surface area contributed by atoms with E-state index < -0.39 is 12.3 Å². The molecule has 0 atom stereocenters. The number of aromatic nitrogens is 3. The Labute approximate surface area is 139 Å². The summed E-state index contributed by atoms with van der Waals surface area (Å²) in [5.41, 5.74) is 1.68. The van der Waals surface area contributed by atoms with Gasteiger partial charge in [-0.2, -0.15) is 0 Å². The number of nitrogens with zero attached hydrogens (tertiary/aromatic N) is 3. The number of rotatable bonds is 4. The average molecular weight is 351 g/mol. The molecule has 0 unspecified atom stereocenters. The summed E-state index contributed by atoms with van der Waals surface area (Å²) in [6.45, 7) is 1.93. The van der Waals surface area contributed by atoms with Crippen LogP contribution in [0.4, 0.5) is 13.2 Å². The van der Waals surface area contributed by atoms with E-state index in [1.54, 1.807) is 17.5 Å². The van der Waals surface area contributed by atoms with E-state index in [1.165, 1.54) is 36.7 Å². The van der Waals surface area contributed by atoms with Crippen molar-refractivity contribution < 1.29 is 27.4 Å². The zero-order chi connectivity index (χ0) is 18.0. The number of hydrogen-bond acceptors (Lipinski definition) is 5. The Hall–Kier alpha value is -3.10. The Morgan fingerprint density at radius 3 is 2.56 bits per heavy atom. The fourth-order valence-electron chi connectivity index (χ4n) is 2.18. The van der Waals surface area contributed by atoms with Gasteiger partial charge in [0, 0.05) is 18.0 Å². The third kappa shape index (κ3) is 3.87. The van der Waals surface area contributed by atoms with Gasteiger partial charge in [0.2, 0.25) is 0 Å². The van der Waals surface area contributed by atoms with Crippen molar-refractivity contribution in [1.29, 1.82) is 0 Å². The van der Waals surface area contributed by atoms with E-state index in [1.807, 2.05) is 0 Å². The minimum atomic E-state index is -4.74. The van der Waals surface area contributed by atoms with E-state index in [0.717, 1.165) is 0 Å². The highest BCUT2D eigenvalue weighted by Crippen LogP contribution is 2.25. The Balaban J connectivity index is 1.87. The maximum Gasteiger partial charge on any atom is 0.573 e. The topological polar surface area (TPSA) is 65.7 Å². The summed E-state index contributed by atoms with van der Waals surface area (Å²) in [6, 6.07) is 5.32. The molecule has 2 aromatic heterocycles. The van der Waals surface area contributed by atoms with Crippen LogP contribution in [0.3, 0.4) is 0 Å². The molecule has 0 aliphatic carbocycles. The molecule has 0 spiro atoms. The third-order valence-electron chi connectivity index (χ3n) is 3.21. The highest BCUT2D eigenvalue weighted by Gasteiger charge is 2.30. The fraction of sp³-hybridized carbons (Fsp3) is 0.188. The number of carbonyl (C=O) groups excluding carboxylic acids is 1. The van der Waals surface area contributed by atoms with Crippen LogP contribution >= 0.6 is 0 Å². The number of benzene rings is 1. The Kier molecular flexibility index (Phi) is 4.30. The second kappa shape index (κ2) is 6.42. The largest absolute Gasteiger partial charge is 0.573 e. The van der Waals surface area contributed by atoms with Crippen LogP contribution in [0.1, 0.15) is 17.4 Å². The van der Waals surface area contributed by atoms with Gasteiger partial charge < -0.3 is 13.9 Å². The number of alkyl halides is 3. The highest BCUT2D eigenvalue weighted by molar-refractivity contribution is 5.88. The zero-order valence-corrected chi connectivity index (χ0v) is 12.9. The zero-order valence-electron chi connectivity index (χ0n) is 12.9. The maximum absolute atomic E-state index is 12.2. The average Bonchev–Trinajstić information content (AvgIpc) is 2.97. The number of imidazole rings is 1. The summed E-state index contributed by atoms with van der Waals surface area (Å²) in [4.78, 5) is 20.0. The quantitative estimate of drug-likeness (QED) is 0.674. The van der Waals surface area contributed by atoms with Crippen molar-refractivity contribution >= 4 is 11.6 Å². The molecule has 25 heavy (non-hydrogen) atoms. The van der Waals surface area contributed by atoms with Crippen molar-refractivity contribution in [2.45, 2.75) is 13.3 Å². The molecule has 0 bridgehead atoms. The Morgan fingerprint density at radius 2 is 1.92 bits per heavy atom. The van der Waals surface area contributed by atoms with E-state index >= 15 is 0 Å². The van der Waals surface area contributed by atoms with E-state index in [9.17, 15) is 18.0 Å². The number of fused-ring (bicyclic) bond motifs is 1. The van der Waals surface area contributed by atoms with Crippen LogP contribution in [0, 0.1) is 0 Å². The van der Waals surface area contributed by atoms with Crippen LogP contribution in [0.25, 0.3) is 16.9 Å². The summed E-state index contributed by atoms with van der Waals surface area (Å²) >= 11 is 0. The third-order valence-corrected chi connectivity index (χ3v) is 3.21. The summed E-state index contributed by atoms with van der Waals surface area (Å²) in [6.07, 6.45) is -0.165. The van der Waals surface area contributed by atoms with Gasteiger partial charge in [0.05, 0.1) is 18.5 Å². The summed E-state index contributed by atoms with van der Waals surface area (Å²) < 4.78 is 46.8. The van der Waals surface area contributed by atoms with Crippen LogP contribution in [-0.4, -0.2) is 33.3 Å². The molecule has 2 heterocycles. The standard InChI is InChI=1S/C16H12F3N3O3/c1-2-24-15(23)13-9-22-8-12(20-7-14(22)21-13)10-3-5-11(6-4-10)25-16(17,18)19/h3-9H,2H2,1H3. The van der Waals surface area contributed by atoms with Crippen molar-refractivity contribution in [3.63, 3.8) is 0 Å². The molecule has 6 nitrogen and oxygen atoms in total. The number of carbonyl (C=O) groups is 1. The summed E-state index contributed by atoms with van der Waals surface area (Å²) in [5, 5.41) is 0. The fourth-order valence-corrected chi connectivity index (χ4v) is 2.18. The molecular formula is C16H12F3N3O3. The molecule has 0 amide bonds. The molecule has 0 radical (unpaired) electrons. The summed E-state index contributed by atoms with van der Waals surface area (Å²) in [5.74, 6) is -0.856. The first kappa shape index (κ1) is 16.7. The SMILES string of the molecule is CCOC(=O)c1cn2cc(-c3ccc(OC(F)(F)F)cc3)ncc2n1. The monoisotopic (exact) mass is 351 g/mol. The molecule has 0 saturated carbocycles. The molecule has 0 saturated heterocycles. The molecule has 1 aromatic carbocycles. The Bertz CT molecular complexity index is 904. The first-order valence-electron chi connectivity index (χ1n) is 7.24. The second-order valence-corrected chi connectivity index (χ2v) is 4.96. The Morgan fingerprint density at radius 1 is 1.20 bits per heavy atom. The summed E-state index contributed by atoms with van der Waals surface area (Å²) in [7, 11) is 0. The van der Waals surface area contributed by atoms with Gasteiger partial charge in [-0.1, -0.05) is 0 Å². The van der Waals surface area contributed by atoms with Crippen molar-refractivity contribution in [2.75, 3.05) is 6.61 Å². The van der Waals surface area contributed by atoms with Crippen LogP contribution in [0.2, 0.25) is 0 Å². The maximum atomic E-state index is 12.2. The molecule has 0 aliphatic rings. The van der Waals surface area contributed by atoms with Gasteiger partial charge in [-0.15, -0.1) is 13.2 Å². The second-order valence-electron chi connectivity index (χ2n) is 4.96. The van der Waals surface area contributed by atoms with Crippen molar-refractivity contribution in [2.24, 2.45) is 0 Å². The van der Waals surface area contributed by atoms with Crippen LogP contribution in [-0.2, 0) is 4.74 Å². The molecule has 9 heteroatoms. The molecule has 0 fully saturated rings. The van der Waals surface area contributed by atoms with Gasteiger partial charge in [-0.25, -0.2) is 9.78 Å². The molecule has 3 aromatic rings. The molecule has 3 rings (SSSR count). The molecule has 0 aliphatic heterocycles. The van der Waals surface area contributed by atoms with E-state index in [4.69, 9.17) is 4.74 Å². The van der Waals surface area contributed by atoms with E-state index in [2.05, 4.69) is 14.7 Å². The highest BCUT2D eigenvalue weighted by atomic mass is 19.4. The first-order valence-corrected chi connectivity index (χ1v) is 7.24. The minimum Gasteiger partial charge on any atom is -0.461 e. The lowest BCUT2D eigenvalue weighted by molar-refractivity contribution is -0.274. The lowest BCUT2D eigenvalue weighted by Crippen LogP contribution is -2.16. The normalized spacial score (nSPS) is 11.5. The lowest BCUT2D eigenvalue weighted by Gasteiger charge is -2.09. The molecular weight excluding hydrogens is 339 g/mol. The number of esters is 1. The number of ether oxygens (including phenoxy) is 2. The molecule has 130 valence electrons. The predicted molar refractivity (Wildman–Crippen MR) is 81.1 cm³/mol. The van der Waals surface area contributed by atoms with Crippen molar-refractivity contribution in [1.82, 2.24) is 14.4 Å². The lowest BCUT2D eigenvalue weighted by atomic mass is 10.1. The van der Waals surface area contributed by atoms with Gasteiger partial charge in [0.25, 0.3) is 0 Å². The van der Waals surface area contributed by atoms with Gasteiger partial charge in [-0.3, -0.25) is 4.98 Å². The van der Waals surface area contributed by atoms with Crippen molar-refractivity contribution in [3.05, 3.63) is 48.5 Å². The van der Waals surface area contributed by atoms with Crippen molar-refractivity contribution in [3.8, 4) is 17.0 Å². The predicted octanol–water partition coefficient (Wildman–Crippen LogP) is 3.47. The number of hydrogen-bond donors (Lipinski definition) is 0.